The molecule has 16 heavy (non-hydrogen) atoms. The predicted molar refractivity (Wildman–Crippen MR) is 52.4 cm³/mol. The van der Waals surface area contributed by atoms with E-state index in [1.807, 2.05) is 0 Å². The number of methoxy groups -OCH3 is 1. The van der Waals surface area contributed by atoms with Crippen LogP contribution < -0.4 is 0 Å². The van der Waals surface area contributed by atoms with Gasteiger partial charge in [0.05, 0.1) is 7.11 Å². The number of ketones is 2. The highest BCUT2D eigenvalue weighted by molar-refractivity contribution is 6.03. The molecule has 0 aromatic rings. The average molecular weight is 230 g/mol. The first-order valence-electron chi connectivity index (χ1n) is 4.61. The van der Waals surface area contributed by atoms with Crippen LogP contribution >= 0.6 is 0 Å². The van der Waals surface area contributed by atoms with Gasteiger partial charge in [-0.1, -0.05) is 0 Å². The maximum absolute atomic E-state index is 11.5. The first kappa shape index (κ1) is 14.3. The molecular weight excluding hydrogens is 216 g/mol. The van der Waals surface area contributed by atoms with Crippen LogP contribution in [0.2, 0.25) is 0 Å². The van der Waals surface area contributed by atoms with Gasteiger partial charge >= 0.3 is 11.9 Å². The molecule has 1 atom stereocenters. The quantitative estimate of drug-likeness (QED) is 0.467. The van der Waals surface area contributed by atoms with Crippen LogP contribution in [-0.2, 0) is 28.7 Å². The molecule has 0 aromatic carbocycles. The summed E-state index contributed by atoms with van der Waals surface area (Å²) in [6.07, 6.45) is -0.243. The number of esters is 2. The van der Waals surface area contributed by atoms with E-state index in [1.54, 1.807) is 0 Å². The SMILES string of the molecule is COC(=O)C(CC(C)=O)C(=O)COC(C)=O. The van der Waals surface area contributed by atoms with E-state index in [0.717, 1.165) is 14.0 Å². The lowest BCUT2D eigenvalue weighted by Crippen LogP contribution is -2.30. The second-order valence-corrected chi connectivity index (χ2v) is 3.23. The third-order valence-electron chi connectivity index (χ3n) is 1.78. The molecule has 6 heteroatoms. The Labute approximate surface area is 92.9 Å². The Bertz CT molecular complexity index is 306. The van der Waals surface area contributed by atoms with Gasteiger partial charge < -0.3 is 9.47 Å². The molecule has 0 aromatic heterocycles. The minimum atomic E-state index is -1.19. The third kappa shape index (κ3) is 5.23. The molecule has 0 fully saturated rings. The molecule has 90 valence electrons. The van der Waals surface area contributed by atoms with Crippen molar-refractivity contribution in [3.63, 3.8) is 0 Å². The number of hydrogen-bond acceptors (Lipinski definition) is 6. The van der Waals surface area contributed by atoms with Gasteiger partial charge in [0.2, 0.25) is 0 Å². The van der Waals surface area contributed by atoms with Gasteiger partial charge in [-0.15, -0.1) is 0 Å². The summed E-state index contributed by atoms with van der Waals surface area (Å²) in [4.78, 5) is 44.0. The van der Waals surface area contributed by atoms with Gasteiger partial charge in [0.1, 0.15) is 11.7 Å². The van der Waals surface area contributed by atoms with Gasteiger partial charge in [-0.05, 0) is 6.92 Å². The lowest BCUT2D eigenvalue weighted by Gasteiger charge is -2.11. The maximum Gasteiger partial charge on any atom is 0.316 e. The van der Waals surface area contributed by atoms with Gasteiger partial charge in [0, 0.05) is 13.3 Å². The van der Waals surface area contributed by atoms with Gasteiger partial charge in [-0.25, -0.2) is 0 Å². The largest absolute Gasteiger partial charge is 0.468 e. The van der Waals surface area contributed by atoms with Crippen molar-refractivity contribution in [3.05, 3.63) is 0 Å². The molecule has 0 heterocycles. The predicted octanol–water partition coefficient (Wildman–Crippen LogP) is -0.113. The van der Waals surface area contributed by atoms with Crippen LogP contribution in [0.15, 0.2) is 0 Å². The zero-order chi connectivity index (χ0) is 12.7. The topological polar surface area (TPSA) is 86.7 Å². The highest BCUT2D eigenvalue weighted by Crippen LogP contribution is 2.08. The standard InChI is InChI=1S/C10H14O6/c1-6(11)4-8(10(14)15-3)9(13)5-16-7(2)12/h8H,4-5H2,1-3H3. The molecule has 0 aliphatic heterocycles. The molecule has 0 amide bonds. The Balaban J connectivity index is 4.49. The lowest BCUT2D eigenvalue weighted by molar-refractivity contribution is -0.155. The van der Waals surface area contributed by atoms with Crippen molar-refractivity contribution in [3.8, 4) is 0 Å². The van der Waals surface area contributed by atoms with Crippen molar-refractivity contribution in [2.24, 2.45) is 5.92 Å². The first-order valence-corrected chi connectivity index (χ1v) is 4.61. The van der Waals surface area contributed by atoms with Gasteiger partial charge in [-0.2, -0.15) is 0 Å². The Hall–Kier alpha value is -1.72. The van der Waals surface area contributed by atoms with E-state index in [4.69, 9.17) is 0 Å². The second kappa shape index (κ2) is 6.71. The molecule has 6 nitrogen and oxygen atoms in total. The van der Waals surface area contributed by atoms with E-state index in [9.17, 15) is 19.2 Å². The summed E-state index contributed by atoms with van der Waals surface area (Å²) >= 11 is 0. The van der Waals surface area contributed by atoms with Gasteiger partial charge in [-0.3, -0.25) is 19.2 Å². The zero-order valence-corrected chi connectivity index (χ0v) is 9.44. The molecule has 1 unspecified atom stereocenters. The number of Topliss-reactive ketones (excluding diaryl/α,β-unsaturated/α-hetero) is 2. The summed E-state index contributed by atoms with van der Waals surface area (Å²) in [7, 11) is 1.12. The number of hydrogen-bond donors (Lipinski definition) is 0. The monoisotopic (exact) mass is 230 g/mol. The summed E-state index contributed by atoms with van der Waals surface area (Å²) in [5.41, 5.74) is 0. The summed E-state index contributed by atoms with van der Waals surface area (Å²) in [6.45, 7) is 1.88. The molecule has 0 saturated carbocycles. The molecule has 0 spiro atoms. The third-order valence-corrected chi connectivity index (χ3v) is 1.78. The van der Waals surface area contributed by atoms with Crippen molar-refractivity contribution in [1.82, 2.24) is 0 Å². The van der Waals surface area contributed by atoms with Gasteiger partial charge in [0.15, 0.2) is 12.4 Å². The number of rotatable bonds is 6. The molecule has 0 bridgehead atoms. The lowest BCUT2D eigenvalue weighted by atomic mass is 9.98. The fraction of sp³-hybridized carbons (Fsp3) is 0.600. The summed E-state index contributed by atoms with van der Waals surface area (Å²) in [5.74, 6) is -3.57. The van der Waals surface area contributed by atoms with E-state index in [0.29, 0.717) is 0 Å². The van der Waals surface area contributed by atoms with Crippen LogP contribution in [0, 0.1) is 5.92 Å². The van der Waals surface area contributed by atoms with E-state index in [-0.39, 0.29) is 12.2 Å². The molecular formula is C10H14O6. The Morgan fingerprint density at radius 3 is 2.06 bits per heavy atom. The molecule has 0 radical (unpaired) electrons. The van der Waals surface area contributed by atoms with E-state index in [1.165, 1.54) is 6.92 Å². The van der Waals surface area contributed by atoms with Crippen molar-refractivity contribution < 1.29 is 28.7 Å². The Kier molecular flexibility index (Phi) is 5.99. The minimum Gasteiger partial charge on any atom is -0.468 e. The van der Waals surface area contributed by atoms with Crippen LogP contribution in [-0.4, -0.2) is 37.2 Å². The second-order valence-electron chi connectivity index (χ2n) is 3.23. The van der Waals surface area contributed by atoms with E-state index in [2.05, 4.69) is 9.47 Å². The summed E-state index contributed by atoms with van der Waals surface area (Å²) < 4.78 is 8.84. The Morgan fingerprint density at radius 1 is 1.12 bits per heavy atom. The molecule has 0 saturated heterocycles. The smallest absolute Gasteiger partial charge is 0.316 e. The van der Waals surface area contributed by atoms with Crippen LogP contribution in [0.5, 0.6) is 0 Å². The van der Waals surface area contributed by atoms with Crippen LogP contribution in [0.25, 0.3) is 0 Å². The van der Waals surface area contributed by atoms with Crippen LogP contribution in [0.1, 0.15) is 20.3 Å². The van der Waals surface area contributed by atoms with Crippen molar-refractivity contribution in [2.75, 3.05) is 13.7 Å². The molecule has 0 N–H and O–H groups in total. The minimum absolute atomic E-state index is 0.243. The Morgan fingerprint density at radius 2 is 1.69 bits per heavy atom. The van der Waals surface area contributed by atoms with Crippen LogP contribution in [0.4, 0.5) is 0 Å². The van der Waals surface area contributed by atoms with Crippen LogP contribution in [0.3, 0.4) is 0 Å². The fourth-order valence-corrected chi connectivity index (χ4v) is 1.03. The fourth-order valence-electron chi connectivity index (χ4n) is 1.03. The van der Waals surface area contributed by atoms with E-state index >= 15 is 0 Å². The molecule has 0 aliphatic carbocycles. The van der Waals surface area contributed by atoms with Crippen molar-refractivity contribution in [2.45, 2.75) is 20.3 Å². The normalized spacial score (nSPS) is 11.4. The van der Waals surface area contributed by atoms with E-state index < -0.39 is 30.2 Å². The number of carbonyl (C=O) groups excluding carboxylic acids is 4. The van der Waals surface area contributed by atoms with Crippen molar-refractivity contribution in [1.29, 1.82) is 0 Å². The summed E-state index contributed by atoms with van der Waals surface area (Å²) in [5, 5.41) is 0. The van der Waals surface area contributed by atoms with Gasteiger partial charge in [0.25, 0.3) is 0 Å². The zero-order valence-electron chi connectivity index (χ0n) is 9.44. The van der Waals surface area contributed by atoms with Crippen molar-refractivity contribution >= 4 is 23.5 Å². The highest BCUT2D eigenvalue weighted by atomic mass is 16.5. The molecule has 0 rings (SSSR count). The average Bonchev–Trinajstić information content (AvgIpc) is 2.21. The summed E-state index contributed by atoms with van der Waals surface area (Å²) in [6, 6.07) is 0. The maximum atomic E-state index is 11.5. The number of carbonyl (C=O) groups is 4. The number of ether oxygens (including phenoxy) is 2. The molecule has 0 aliphatic rings. The highest BCUT2D eigenvalue weighted by Gasteiger charge is 2.29. The first-order chi connectivity index (χ1) is 7.38.